The second kappa shape index (κ2) is 3.36. The molecule has 1 fully saturated rings. The third-order valence-corrected chi connectivity index (χ3v) is 5.04. The third-order valence-electron chi connectivity index (χ3n) is 5.04. The van der Waals surface area contributed by atoms with Gasteiger partial charge in [-0.2, -0.15) is 0 Å². The van der Waals surface area contributed by atoms with Crippen molar-refractivity contribution in [3.63, 3.8) is 0 Å². The fourth-order valence-corrected chi connectivity index (χ4v) is 4.16. The molecule has 0 N–H and O–H groups in total. The molecule has 100 valence electrons. The van der Waals surface area contributed by atoms with Crippen LogP contribution in [0.25, 0.3) is 0 Å². The van der Waals surface area contributed by atoms with E-state index in [2.05, 4.69) is 39.5 Å². The highest BCUT2D eigenvalue weighted by molar-refractivity contribution is 5.57. The van der Waals surface area contributed by atoms with Crippen molar-refractivity contribution < 1.29 is 9.47 Å². The van der Waals surface area contributed by atoms with Crippen LogP contribution in [0.4, 0.5) is 0 Å². The number of hydrogen-bond donors (Lipinski definition) is 0. The molecule has 3 atom stereocenters. The van der Waals surface area contributed by atoms with Crippen LogP contribution >= 0.6 is 0 Å². The summed E-state index contributed by atoms with van der Waals surface area (Å²) in [5.41, 5.74) is 3.63. The van der Waals surface area contributed by atoms with Crippen LogP contribution in [0.15, 0.2) is 24.3 Å². The van der Waals surface area contributed by atoms with Crippen molar-refractivity contribution in [2.45, 2.75) is 51.2 Å². The fourth-order valence-electron chi connectivity index (χ4n) is 4.16. The van der Waals surface area contributed by atoms with Gasteiger partial charge in [-0.3, -0.25) is 0 Å². The van der Waals surface area contributed by atoms with E-state index in [1.165, 1.54) is 16.7 Å². The van der Waals surface area contributed by atoms with E-state index in [0.717, 1.165) is 24.3 Å². The zero-order valence-electron chi connectivity index (χ0n) is 11.8. The highest BCUT2D eigenvalue weighted by Gasteiger charge is 2.54. The lowest BCUT2D eigenvalue weighted by atomic mass is 9.65. The van der Waals surface area contributed by atoms with Crippen LogP contribution < -0.4 is 9.47 Å². The zero-order chi connectivity index (χ0) is 13.4. The molecular weight excluding hydrogens is 236 g/mol. The monoisotopic (exact) mass is 256 g/mol. The largest absolute Gasteiger partial charge is 0.487 e. The van der Waals surface area contributed by atoms with Gasteiger partial charge in [0.1, 0.15) is 23.2 Å². The van der Waals surface area contributed by atoms with Gasteiger partial charge in [0.15, 0.2) is 0 Å². The van der Waals surface area contributed by atoms with Gasteiger partial charge in [-0.25, -0.2) is 0 Å². The van der Waals surface area contributed by atoms with E-state index in [1.54, 1.807) is 0 Å². The summed E-state index contributed by atoms with van der Waals surface area (Å²) in [6.07, 6.45) is 2.38. The Morgan fingerprint density at radius 3 is 2.79 bits per heavy atom. The predicted octanol–water partition coefficient (Wildman–Crippen LogP) is 3.98. The summed E-state index contributed by atoms with van der Waals surface area (Å²) in [4.78, 5) is 0. The lowest BCUT2D eigenvalue weighted by Gasteiger charge is -2.47. The highest BCUT2D eigenvalue weighted by atomic mass is 16.5. The Balaban J connectivity index is 1.96. The third kappa shape index (κ3) is 1.37. The van der Waals surface area contributed by atoms with Gasteiger partial charge in [-0.1, -0.05) is 6.58 Å². The van der Waals surface area contributed by atoms with E-state index in [1.807, 2.05) is 0 Å². The van der Waals surface area contributed by atoms with Crippen molar-refractivity contribution in [3.05, 3.63) is 35.4 Å². The lowest BCUT2D eigenvalue weighted by molar-refractivity contribution is -0.0128. The number of ether oxygens (including phenoxy) is 2. The van der Waals surface area contributed by atoms with Crippen molar-refractivity contribution in [1.29, 1.82) is 0 Å². The van der Waals surface area contributed by atoms with Crippen molar-refractivity contribution in [3.8, 4) is 11.5 Å². The molecule has 2 heterocycles. The van der Waals surface area contributed by atoms with Gasteiger partial charge < -0.3 is 9.47 Å². The van der Waals surface area contributed by atoms with E-state index in [9.17, 15) is 0 Å². The first-order valence-electron chi connectivity index (χ1n) is 7.15. The zero-order valence-corrected chi connectivity index (χ0v) is 11.8. The van der Waals surface area contributed by atoms with Crippen molar-refractivity contribution in [2.24, 2.45) is 5.92 Å². The summed E-state index contributed by atoms with van der Waals surface area (Å²) < 4.78 is 12.5. The van der Waals surface area contributed by atoms with Gasteiger partial charge in [0, 0.05) is 17.4 Å². The molecule has 1 aromatic rings. The van der Waals surface area contributed by atoms with E-state index >= 15 is 0 Å². The summed E-state index contributed by atoms with van der Waals surface area (Å²) in [5, 5.41) is 0. The second-order valence-corrected chi connectivity index (χ2v) is 6.75. The van der Waals surface area contributed by atoms with Crippen LogP contribution in [-0.2, 0) is 0 Å². The highest BCUT2D eigenvalue weighted by Crippen LogP contribution is 2.59. The Bertz CT molecular complexity index is 585. The maximum Gasteiger partial charge on any atom is 0.127 e. The molecule has 19 heavy (non-hydrogen) atoms. The first-order valence-corrected chi connectivity index (χ1v) is 7.15. The van der Waals surface area contributed by atoms with E-state index in [0.29, 0.717) is 11.8 Å². The molecule has 0 radical (unpaired) electrons. The summed E-state index contributed by atoms with van der Waals surface area (Å²) in [6.45, 7) is 10.8. The second-order valence-electron chi connectivity index (χ2n) is 6.75. The first kappa shape index (κ1) is 11.4. The maximum absolute atomic E-state index is 6.30. The smallest absolute Gasteiger partial charge is 0.127 e. The average Bonchev–Trinajstić information content (AvgIpc) is 2.67. The van der Waals surface area contributed by atoms with Gasteiger partial charge >= 0.3 is 0 Å². The van der Waals surface area contributed by atoms with Crippen LogP contribution in [-0.4, -0.2) is 11.7 Å². The molecule has 2 heteroatoms. The Kier molecular flexibility index (Phi) is 2.01. The van der Waals surface area contributed by atoms with Crippen molar-refractivity contribution in [2.75, 3.05) is 0 Å². The Morgan fingerprint density at radius 2 is 2.00 bits per heavy atom. The molecule has 2 aliphatic heterocycles. The summed E-state index contributed by atoms with van der Waals surface area (Å²) >= 11 is 0. The van der Waals surface area contributed by atoms with E-state index in [4.69, 9.17) is 9.47 Å². The molecule has 4 rings (SSSR count). The summed E-state index contributed by atoms with van der Waals surface area (Å²) in [5.74, 6) is 3.02. The molecular formula is C17H20O2. The fraction of sp³-hybridized carbons (Fsp3) is 0.529. The summed E-state index contributed by atoms with van der Waals surface area (Å²) in [6, 6.07) is 4.29. The molecule has 1 aliphatic carbocycles. The minimum absolute atomic E-state index is 0.116. The number of benzene rings is 1. The lowest BCUT2D eigenvalue weighted by Crippen LogP contribution is -2.49. The van der Waals surface area contributed by atoms with Gasteiger partial charge in [-0.05, 0) is 56.9 Å². The Hall–Kier alpha value is -1.44. The van der Waals surface area contributed by atoms with Crippen molar-refractivity contribution in [1.82, 2.24) is 0 Å². The predicted molar refractivity (Wildman–Crippen MR) is 74.9 cm³/mol. The van der Waals surface area contributed by atoms with Gasteiger partial charge in [0.05, 0.1) is 0 Å². The topological polar surface area (TPSA) is 18.5 Å². The molecule has 0 unspecified atom stereocenters. The van der Waals surface area contributed by atoms with Crippen molar-refractivity contribution >= 4 is 0 Å². The van der Waals surface area contributed by atoms with Crippen LogP contribution in [0.1, 0.15) is 43.7 Å². The maximum atomic E-state index is 6.30. The molecule has 0 aromatic heterocycles. The molecule has 0 amide bonds. The minimum Gasteiger partial charge on any atom is -0.487 e. The molecule has 3 aliphatic rings. The number of aryl methyl sites for hydroxylation is 1. The number of rotatable bonds is 0. The molecule has 0 spiro atoms. The molecule has 2 nitrogen and oxygen atoms in total. The molecule has 0 bridgehead atoms. The van der Waals surface area contributed by atoms with Gasteiger partial charge in [0.2, 0.25) is 0 Å². The standard InChI is InChI=1S/C17H20O2/c1-9-7-12-15-13(8-9)19-17(3,4)11-6-5-10(2)16(18-12)14(11)15/h7-8,11,14,16H,2,5-6H2,1,3-4H3/t11-,14+,16+/m1/s1. The number of hydrogen-bond acceptors (Lipinski definition) is 2. The first-order chi connectivity index (χ1) is 8.97. The average molecular weight is 256 g/mol. The van der Waals surface area contributed by atoms with Crippen LogP contribution in [0.5, 0.6) is 11.5 Å². The van der Waals surface area contributed by atoms with E-state index < -0.39 is 0 Å². The SMILES string of the molecule is C=C1CC[C@@H]2[C@H]3c4c(cc(C)cc4OC2(C)C)O[C@@H]13. The van der Waals surface area contributed by atoms with Crippen LogP contribution in [0.2, 0.25) is 0 Å². The van der Waals surface area contributed by atoms with Gasteiger partial charge in [0.25, 0.3) is 0 Å². The Labute approximate surface area is 114 Å². The summed E-state index contributed by atoms with van der Waals surface area (Å²) in [7, 11) is 0. The van der Waals surface area contributed by atoms with Crippen LogP contribution in [0, 0.1) is 12.8 Å². The quantitative estimate of drug-likeness (QED) is 0.654. The normalized spacial score (nSPS) is 33.4. The minimum atomic E-state index is -0.116. The van der Waals surface area contributed by atoms with Gasteiger partial charge in [-0.15, -0.1) is 0 Å². The molecule has 1 aromatic carbocycles. The Morgan fingerprint density at radius 1 is 1.26 bits per heavy atom. The van der Waals surface area contributed by atoms with E-state index in [-0.39, 0.29) is 11.7 Å². The van der Waals surface area contributed by atoms with Crippen LogP contribution in [0.3, 0.4) is 0 Å². The molecule has 1 saturated carbocycles. The molecule has 0 saturated heterocycles.